The van der Waals surface area contributed by atoms with Crippen LogP contribution in [0.4, 0.5) is 0 Å². The predicted molar refractivity (Wildman–Crippen MR) is 159 cm³/mol. The Kier molecular flexibility index (Phi) is 8.29. The smallest absolute Gasteiger partial charge is 0.261 e. The number of benzene rings is 2. The summed E-state index contributed by atoms with van der Waals surface area (Å²) in [6.45, 7) is 2.93. The number of amides is 3. The minimum Gasteiger partial charge on any atom is -0.457 e. The van der Waals surface area contributed by atoms with Crippen LogP contribution in [-0.2, 0) is 40.2 Å². The number of likely N-dealkylation sites (N-methyl/N-ethyl adjacent to an activating group) is 1. The summed E-state index contributed by atoms with van der Waals surface area (Å²) < 4.78 is 12.4. The molecule has 4 bridgehead atoms. The lowest BCUT2D eigenvalue weighted by Crippen LogP contribution is -2.58. The first-order chi connectivity index (χ1) is 20.9. The topological polar surface area (TPSA) is 121 Å². The van der Waals surface area contributed by atoms with Crippen LogP contribution in [0.2, 0.25) is 0 Å². The van der Waals surface area contributed by atoms with Crippen molar-refractivity contribution in [1.29, 1.82) is 0 Å². The molecule has 224 valence electrons. The lowest BCUT2D eigenvalue weighted by atomic mass is 10.00. The highest BCUT2D eigenvalue weighted by Crippen LogP contribution is 2.26. The number of fused-ring (bicyclic) bond motifs is 6. The van der Waals surface area contributed by atoms with E-state index >= 15 is 0 Å². The molecule has 3 amide bonds. The molecule has 3 aromatic rings. The lowest BCUT2D eigenvalue weighted by molar-refractivity contribution is -0.136. The molecule has 0 saturated carbocycles. The Morgan fingerprint density at radius 3 is 2.56 bits per heavy atom. The van der Waals surface area contributed by atoms with Gasteiger partial charge in [-0.25, -0.2) is 0 Å². The number of hydrogen-bond acceptors (Lipinski definition) is 6. The van der Waals surface area contributed by atoms with Crippen LogP contribution in [0, 0.1) is 0 Å². The number of aromatic amines is 1. The van der Waals surface area contributed by atoms with Gasteiger partial charge >= 0.3 is 0 Å². The standard InChI is InChI=1S/C33H36N4O6/c1-2-36-19-30(38)34-28-18-37(33(41)26-17-23-8-5-11-27(23)35-32(26)40)13-12-29(28)42-20-22-7-4-10-25(15-22)43-24-9-3-6-21(14-24)16-31(36)39/h3-4,6-7,9-10,14-15,17,28-29H,2,5,8,11-13,16,18-20H2,1H3,(H,34,38)(H,35,40)/t28-,29-/m0/s1. The first-order valence-corrected chi connectivity index (χ1v) is 14.9. The molecule has 2 aromatic carbocycles. The zero-order chi connectivity index (χ0) is 29.9. The van der Waals surface area contributed by atoms with E-state index in [1.54, 1.807) is 11.0 Å². The monoisotopic (exact) mass is 584 g/mol. The Bertz CT molecular complexity index is 1600. The van der Waals surface area contributed by atoms with Crippen molar-refractivity contribution in [2.75, 3.05) is 26.2 Å². The van der Waals surface area contributed by atoms with Crippen molar-refractivity contribution in [3.8, 4) is 11.5 Å². The fraction of sp³-hybridized carbons (Fsp3) is 0.394. The van der Waals surface area contributed by atoms with E-state index in [1.165, 1.54) is 4.90 Å². The number of hydrogen-bond donors (Lipinski definition) is 2. The van der Waals surface area contributed by atoms with Crippen LogP contribution in [0.15, 0.2) is 59.4 Å². The van der Waals surface area contributed by atoms with Gasteiger partial charge in [-0.05, 0) is 79.6 Å². The second-order valence-electron chi connectivity index (χ2n) is 11.4. The number of aromatic nitrogens is 1. The SMILES string of the molecule is CCN1CC(=O)N[C@H]2CN(C(=O)c3cc4c([nH]c3=O)CCC4)CC[C@@H]2OCc2cccc(c2)Oc2cccc(c2)CC1=O. The number of carbonyl (C=O) groups is 3. The van der Waals surface area contributed by atoms with E-state index in [0.29, 0.717) is 31.0 Å². The van der Waals surface area contributed by atoms with Crippen LogP contribution in [0.3, 0.4) is 0 Å². The number of aryl methyl sites for hydroxylation is 2. The summed E-state index contributed by atoms with van der Waals surface area (Å²) in [6.07, 6.45) is 2.83. The Morgan fingerprint density at radius 1 is 1.00 bits per heavy atom. The van der Waals surface area contributed by atoms with E-state index in [2.05, 4.69) is 10.3 Å². The van der Waals surface area contributed by atoms with Crippen molar-refractivity contribution < 1.29 is 23.9 Å². The van der Waals surface area contributed by atoms with Crippen LogP contribution in [-0.4, -0.2) is 70.8 Å². The summed E-state index contributed by atoms with van der Waals surface area (Å²) in [5, 5.41) is 3.04. The fourth-order valence-electron chi connectivity index (χ4n) is 6.14. The summed E-state index contributed by atoms with van der Waals surface area (Å²) in [5.74, 6) is 0.401. The van der Waals surface area contributed by atoms with Crippen LogP contribution in [0.5, 0.6) is 11.5 Å². The number of pyridine rings is 1. The van der Waals surface area contributed by atoms with Crippen molar-refractivity contribution in [2.24, 2.45) is 0 Å². The van der Waals surface area contributed by atoms with E-state index in [9.17, 15) is 19.2 Å². The van der Waals surface area contributed by atoms with Gasteiger partial charge < -0.3 is 29.6 Å². The van der Waals surface area contributed by atoms with Crippen LogP contribution in [0.1, 0.15) is 52.5 Å². The molecule has 0 unspecified atom stereocenters. The first kappa shape index (κ1) is 28.7. The van der Waals surface area contributed by atoms with Crippen molar-refractivity contribution >= 4 is 17.7 Å². The Labute approximate surface area is 250 Å². The van der Waals surface area contributed by atoms with Gasteiger partial charge in [-0.1, -0.05) is 24.3 Å². The normalized spacial score (nSPS) is 20.9. The second kappa shape index (κ2) is 12.4. The molecule has 2 aliphatic heterocycles. The molecule has 6 rings (SSSR count). The van der Waals surface area contributed by atoms with Crippen LogP contribution < -0.4 is 15.6 Å². The maximum absolute atomic E-state index is 13.6. The van der Waals surface area contributed by atoms with E-state index in [0.717, 1.165) is 41.6 Å². The number of ether oxygens (including phenoxy) is 2. The lowest BCUT2D eigenvalue weighted by Gasteiger charge is -2.39. The number of H-pyrrole nitrogens is 1. The summed E-state index contributed by atoms with van der Waals surface area (Å²) >= 11 is 0. The molecular weight excluding hydrogens is 548 g/mol. The molecule has 3 heterocycles. The number of nitrogens with one attached hydrogen (secondary N) is 2. The molecule has 3 aliphatic rings. The van der Waals surface area contributed by atoms with Crippen molar-refractivity contribution in [1.82, 2.24) is 20.1 Å². The van der Waals surface area contributed by atoms with Gasteiger partial charge in [0.1, 0.15) is 17.1 Å². The van der Waals surface area contributed by atoms with Gasteiger partial charge in [0.2, 0.25) is 11.8 Å². The molecule has 0 spiro atoms. The van der Waals surface area contributed by atoms with E-state index in [4.69, 9.17) is 9.47 Å². The highest BCUT2D eigenvalue weighted by Gasteiger charge is 2.35. The maximum Gasteiger partial charge on any atom is 0.261 e. The molecule has 43 heavy (non-hydrogen) atoms. The summed E-state index contributed by atoms with van der Waals surface area (Å²) in [5.41, 5.74) is 3.35. The Balaban J connectivity index is 1.25. The van der Waals surface area contributed by atoms with E-state index in [-0.39, 0.29) is 61.1 Å². The highest BCUT2D eigenvalue weighted by molar-refractivity contribution is 5.94. The average Bonchev–Trinajstić information content (AvgIpc) is 3.45. The molecule has 2 N–H and O–H groups in total. The molecule has 2 atom stereocenters. The number of rotatable bonds is 2. The maximum atomic E-state index is 13.6. The minimum absolute atomic E-state index is 0.117. The Morgan fingerprint density at radius 2 is 1.77 bits per heavy atom. The van der Waals surface area contributed by atoms with E-state index in [1.807, 2.05) is 55.5 Å². The number of carbonyl (C=O) groups excluding carboxylic acids is 3. The third-order valence-corrected chi connectivity index (χ3v) is 8.42. The van der Waals surface area contributed by atoms with Gasteiger partial charge in [0.05, 0.1) is 31.7 Å². The quantitative estimate of drug-likeness (QED) is 0.478. The molecule has 1 aromatic heterocycles. The van der Waals surface area contributed by atoms with Crippen LogP contribution >= 0.6 is 0 Å². The zero-order valence-corrected chi connectivity index (χ0v) is 24.3. The average molecular weight is 585 g/mol. The number of nitrogens with zero attached hydrogens (tertiary/aromatic N) is 2. The van der Waals surface area contributed by atoms with Gasteiger partial charge in [0, 0.05) is 25.3 Å². The Hall–Kier alpha value is -4.44. The molecular formula is C33H36N4O6. The van der Waals surface area contributed by atoms with Gasteiger partial charge in [-0.2, -0.15) is 0 Å². The second-order valence-corrected chi connectivity index (χ2v) is 11.4. The largest absolute Gasteiger partial charge is 0.457 e. The van der Waals surface area contributed by atoms with Gasteiger partial charge in [0.15, 0.2) is 0 Å². The van der Waals surface area contributed by atoms with Gasteiger partial charge in [-0.3, -0.25) is 19.2 Å². The van der Waals surface area contributed by atoms with E-state index < -0.39 is 6.04 Å². The molecule has 1 aliphatic carbocycles. The molecule has 10 nitrogen and oxygen atoms in total. The van der Waals surface area contributed by atoms with Crippen molar-refractivity contribution in [2.45, 2.75) is 57.8 Å². The fourth-order valence-corrected chi connectivity index (χ4v) is 6.14. The zero-order valence-electron chi connectivity index (χ0n) is 24.3. The minimum atomic E-state index is -0.530. The molecule has 10 heteroatoms. The predicted octanol–water partition coefficient (Wildman–Crippen LogP) is 2.98. The summed E-state index contributed by atoms with van der Waals surface area (Å²) in [4.78, 5) is 58.8. The van der Waals surface area contributed by atoms with Crippen molar-refractivity contribution in [3.63, 3.8) is 0 Å². The van der Waals surface area contributed by atoms with Crippen molar-refractivity contribution in [3.05, 3.63) is 92.9 Å². The third kappa shape index (κ3) is 6.49. The van der Waals surface area contributed by atoms with Gasteiger partial charge in [-0.15, -0.1) is 0 Å². The first-order valence-electron chi connectivity index (χ1n) is 14.9. The van der Waals surface area contributed by atoms with Crippen LogP contribution in [0.25, 0.3) is 0 Å². The number of piperidine rings is 1. The molecule has 1 fully saturated rings. The summed E-state index contributed by atoms with van der Waals surface area (Å²) in [6, 6.07) is 16.2. The summed E-state index contributed by atoms with van der Waals surface area (Å²) in [7, 11) is 0. The molecule has 0 radical (unpaired) electrons. The number of likely N-dealkylation sites (tertiary alicyclic amines) is 1. The highest BCUT2D eigenvalue weighted by atomic mass is 16.5. The van der Waals surface area contributed by atoms with Gasteiger partial charge in [0.25, 0.3) is 11.5 Å². The third-order valence-electron chi connectivity index (χ3n) is 8.42. The molecule has 1 saturated heterocycles.